The van der Waals surface area contributed by atoms with Crippen LogP contribution in [-0.2, 0) is 11.3 Å². The van der Waals surface area contributed by atoms with Crippen LogP contribution in [0.25, 0.3) is 11.4 Å². The number of nitrogens with zero attached hydrogens (tertiary/aromatic N) is 3. The van der Waals surface area contributed by atoms with Crippen molar-refractivity contribution < 1.29 is 22.8 Å². The number of para-hydroxylation sites is 2. The minimum Gasteiger partial charge on any atom is -0.434 e. The van der Waals surface area contributed by atoms with Crippen LogP contribution < -0.4 is 10.1 Å². The van der Waals surface area contributed by atoms with Crippen LogP contribution >= 0.6 is 0 Å². The monoisotopic (exact) mass is 428 g/mol. The quantitative estimate of drug-likeness (QED) is 0.608. The maximum atomic E-state index is 12.6. The third-order valence-electron chi connectivity index (χ3n) is 5.09. The number of benzene rings is 2. The predicted molar refractivity (Wildman–Crippen MR) is 109 cm³/mol. The van der Waals surface area contributed by atoms with Crippen molar-refractivity contribution in [2.75, 3.05) is 18.4 Å². The Morgan fingerprint density at radius 1 is 1.19 bits per heavy atom. The number of nitrogens with one attached hydrogen (secondary N) is 1. The number of rotatable bonds is 7. The van der Waals surface area contributed by atoms with E-state index < -0.39 is 6.61 Å². The first kappa shape index (κ1) is 20.9. The summed E-state index contributed by atoms with van der Waals surface area (Å²) in [6.45, 7) is -1.20. The lowest BCUT2D eigenvalue weighted by Gasteiger charge is -2.30. The number of ether oxygens (including phenoxy) is 1. The number of carbonyl (C=O) groups excluding carboxylic acids is 1. The molecule has 2 aromatic carbocycles. The summed E-state index contributed by atoms with van der Waals surface area (Å²) in [4.78, 5) is 19.0. The van der Waals surface area contributed by atoms with E-state index in [0.29, 0.717) is 24.5 Å². The molecule has 1 N–H and O–H groups in total. The second kappa shape index (κ2) is 9.65. The Balaban J connectivity index is 1.39. The van der Waals surface area contributed by atoms with Gasteiger partial charge in [-0.1, -0.05) is 35.5 Å². The normalized spacial score (nSPS) is 16.9. The first-order chi connectivity index (χ1) is 15.1. The maximum absolute atomic E-state index is 12.6. The van der Waals surface area contributed by atoms with E-state index in [1.807, 2.05) is 30.3 Å². The molecule has 0 aliphatic carbocycles. The van der Waals surface area contributed by atoms with Crippen LogP contribution in [0.3, 0.4) is 0 Å². The van der Waals surface area contributed by atoms with Crippen molar-refractivity contribution in [1.82, 2.24) is 15.0 Å². The molecule has 9 heteroatoms. The van der Waals surface area contributed by atoms with E-state index in [9.17, 15) is 13.6 Å². The molecule has 7 nitrogen and oxygen atoms in total. The molecule has 31 heavy (non-hydrogen) atoms. The molecule has 1 amide bonds. The number of halogens is 2. The highest BCUT2D eigenvalue weighted by Gasteiger charge is 2.27. The van der Waals surface area contributed by atoms with Crippen LogP contribution in [0.5, 0.6) is 5.75 Å². The summed E-state index contributed by atoms with van der Waals surface area (Å²) in [5, 5.41) is 6.86. The van der Waals surface area contributed by atoms with Crippen LogP contribution in [0.4, 0.5) is 14.5 Å². The van der Waals surface area contributed by atoms with Crippen LogP contribution in [-0.4, -0.2) is 40.6 Å². The second-order valence-corrected chi connectivity index (χ2v) is 7.32. The fourth-order valence-corrected chi connectivity index (χ4v) is 3.65. The molecule has 1 atom stereocenters. The van der Waals surface area contributed by atoms with Gasteiger partial charge in [-0.25, -0.2) is 0 Å². The van der Waals surface area contributed by atoms with E-state index in [2.05, 4.69) is 25.1 Å². The summed E-state index contributed by atoms with van der Waals surface area (Å²) in [6.07, 6.45) is 1.68. The average molecular weight is 428 g/mol. The van der Waals surface area contributed by atoms with Crippen molar-refractivity contribution >= 4 is 11.6 Å². The minimum atomic E-state index is -2.94. The van der Waals surface area contributed by atoms with Crippen LogP contribution in [0.1, 0.15) is 18.7 Å². The topological polar surface area (TPSA) is 80.5 Å². The van der Waals surface area contributed by atoms with Gasteiger partial charge in [-0.2, -0.15) is 13.8 Å². The van der Waals surface area contributed by atoms with Gasteiger partial charge in [-0.05, 0) is 43.7 Å². The summed E-state index contributed by atoms with van der Waals surface area (Å²) in [5.74, 6) is 0.366. The Morgan fingerprint density at radius 2 is 1.97 bits per heavy atom. The number of piperidine rings is 1. The van der Waals surface area contributed by atoms with Crippen LogP contribution in [0.15, 0.2) is 59.1 Å². The Morgan fingerprint density at radius 3 is 2.77 bits per heavy atom. The summed E-state index contributed by atoms with van der Waals surface area (Å²) >= 11 is 0. The highest BCUT2D eigenvalue weighted by Crippen LogP contribution is 2.29. The molecular formula is C22H22F2N4O3. The number of carbonyl (C=O) groups is 1. The highest BCUT2D eigenvalue weighted by atomic mass is 19.3. The first-order valence-corrected chi connectivity index (χ1v) is 10.0. The van der Waals surface area contributed by atoms with Crippen molar-refractivity contribution in [1.29, 1.82) is 0 Å². The summed E-state index contributed by atoms with van der Waals surface area (Å²) < 4.78 is 35.2. The SMILES string of the molecule is O=C(Nc1ccccc1)C1CCCN(Cc2nc(-c3ccccc3OC(F)F)no2)C1. The molecule has 0 saturated carbocycles. The van der Waals surface area contributed by atoms with Gasteiger partial charge in [0.2, 0.25) is 17.6 Å². The first-order valence-electron chi connectivity index (χ1n) is 10.0. The zero-order chi connectivity index (χ0) is 21.6. The Kier molecular flexibility index (Phi) is 6.51. The molecule has 0 bridgehead atoms. The third kappa shape index (κ3) is 5.43. The number of hydrogen-bond acceptors (Lipinski definition) is 6. The van der Waals surface area contributed by atoms with E-state index in [1.165, 1.54) is 6.07 Å². The van der Waals surface area contributed by atoms with Crippen molar-refractivity contribution in [3.05, 3.63) is 60.5 Å². The number of hydrogen-bond donors (Lipinski definition) is 1. The smallest absolute Gasteiger partial charge is 0.387 e. The average Bonchev–Trinajstić information content (AvgIpc) is 3.23. The standard InChI is InChI=1S/C22H22F2N4O3/c23-22(24)30-18-11-5-4-10-17(18)20-26-19(31-27-20)14-28-12-6-7-15(13-28)21(29)25-16-8-2-1-3-9-16/h1-5,8-11,15,22H,6-7,12-14H2,(H,25,29). The van der Waals surface area contributed by atoms with Gasteiger partial charge in [0.25, 0.3) is 0 Å². The van der Waals surface area contributed by atoms with Crippen LogP contribution in [0.2, 0.25) is 0 Å². The largest absolute Gasteiger partial charge is 0.434 e. The predicted octanol–water partition coefficient (Wildman–Crippen LogP) is 4.19. The van der Waals surface area contributed by atoms with Crippen molar-refractivity contribution in [3.63, 3.8) is 0 Å². The van der Waals surface area contributed by atoms with Gasteiger partial charge in [-0.15, -0.1) is 0 Å². The van der Waals surface area contributed by atoms with E-state index >= 15 is 0 Å². The summed E-state index contributed by atoms with van der Waals surface area (Å²) in [7, 11) is 0. The van der Waals surface area contributed by atoms with E-state index in [-0.39, 0.29) is 23.4 Å². The van der Waals surface area contributed by atoms with E-state index in [1.54, 1.807) is 18.2 Å². The molecule has 1 aliphatic heterocycles. The van der Waals surface area contributed by atoms with E-state index in [0.717, 1.165) is 25.1 Å². The molecule has 3 aromatic rings. The highest BCUT2D eigenvalue weighted by molar-refractivity contribution is 5.92. The molecule has 0 spiro atoms. The van der Waals surface area contributed by atoms with Gasteiger partial charge in [0.15, 0.2) is 0 Å². The Bertz CT molecular complexity index is 1010. The van der Waals surface area contributed by atoms with E-state index in [4.69, 9.17) is 4.52 Å². The molecule has 0 radical (unpaired) electrons. The van der Waals surface area contributed by atoms with Gasteiger partial charge in [0.05, 0.1) is 18.0 Å². The molecule has 4 rings (SSSR count). The van der Waals surface area contributed by atoms with Crippen molar-refractivity contribution in [3.8, 4) is 17.1 Å². The molecule has 1 aromatic heterocycles. The summed E-state index contributed by atoms with van der Waals surface area (Å²) in [5.41, 5.74) is 1.10. The van der Waals surface area contributed by atoms with Crippen molar-refractivity contribution in [2.24, 2.45) is 5.92 Å². The summed E-state index contributed by atoms with van der Waals surface area (Å²) in [6, 6.07) is 15.7. The third-order valence-corrected chi connectivity index (χ3v) is 5.09. The maximum Gasteiger partial charge on any atom is 0.387 e. The van der Waals surface area contributed by atoms with Crippen molar-refractivity contribution in [2.45, 2.75) is 26.0 Å². The zero-order valence-electron chi connectivity index (χ0n) is 16.7. The van der Waals surface area contributed by atoms with Gasteiger partial charge >= 0.3 is 6.61 Å². The Labute approximate surface area is 178 Å². The minimum absolute atomic E-state index is 0.0135. The molecule has 1 saturated heterocycles. The number of amides is 1. The molecule has 2 heterocycles. The van der Waals surface area contributed by atoms with Crippen LogP contribution in [0, 0.1) is 5.92 Å². The fraction of sp³-hybridized carbons (Fsp3) is 0.318. The number of alkyl halides is 2. The lowest BCUT2D eigenvalue weighted by molar-refractivity contribution is -0.121. The number of likely N-dealkylation sites (tertiary alicyclic amines) is 1. The van der Waals surface area contributed by atoms with Gasteiger partial charge in [0.1, 0.15) is 5.75 Å². The number of aromatic nitrogens is 2. The Hall–Kier alpha value is -3.33. The zero-order valence-corrected chi connectivity index (χ0v) is 16.7. The lowest BCUT2D eigenvalue weighted by atomic mass is 9.97. The second-order valence-electron chi connectivity index (χ2n) is 7.32. The molecular weight excluding hydrogens is 406 g/mol. The van der Waals surface area contributed by atoms with Gasteiger partial charge in [-0.3, -0.25) is 9.69 Å². The lowest BCUT2D eigenvalue weighted by Crippen LogP contribution is -2.40. The fourth-order valence-electron chi connectivity index (χ4n) is 3.65. The molecule has 162 valence electrons. The number of anilines is 1. The molecule has 1 unspecified atom stereocenters. The molecule has 1 aliphatic rings. The van der Waals surface area contributed by atoms with Gasteiger partial charge < -0.3 is 14.6 Å². The molecule has 1 fully saturated rings. The van der Waals surface area contributed by atoms with Gasteiger partial charge in [0, 0.05) is 12.2 Å².